The highest BCUT2D eigenvalue weighted by atomic mass is 32.2. The zero-order valence-corrected chi connectivity index (χ0v) is 15.3. The van der Waals surface area contributed by atoms with Crippen LogP contribution in [-0.4, -0.2) is 42.7 Å². The summed E-state index contributed by atoms with van der Waals surface area (Å²) < 4.78 is 28.1. The first-order valence-corrected chi connectivity index (χ1v) is 9.44. The van der Waals surface area contributed by atoms with Crippen LogP contribution in [0.3, 0.4) is 0 Å². The SMILES string of the molecule is CC(C)(C)OC(=O)Nc1ccccc1CN1CC(S(N)(=O)=O)CC1=O. The fraction of sp³-hybridized carbons (Fsp3) is 0.500. The van der Waals surface area contributed by atoms with Crippen molar-refractivity contribution in [1.29, 1.82) is 0 Å². The first-order chi connectivity index (χ1) is 11.5. The number of likely N-dealkylation sites (tertiary alicyclic amines) is 1. The number of benzene rings is 1. The number of anilines is 1. The molecule has 1 aromatic carbocycles. The highest BCUT2D eigenvalue weighted by Crippen LogP contribution is 2.23. The molecule has 0 aliphatic carbocycles. The Labute approximate surface area is 147 Å². The Kier molecular flexibility index (Phi) is 5.38. The van der Waals surface area contributed by atoms with Gasteiger partial charge >= 0.3 is 6.09 Å². The summed E-state index contributed by atoms with van der Waals surface area (Å²) in [6, 6.07) is 6.96. The molecule has 3 N–H and O–H groups in total. The molecule has 0 spiro atoms. The average Bonchev–Trinajstić information content (AvgIpc) is 2.80. The molecule has 0 saturated carbocycles. The van der Waals surface area contributed by atoms with E-state index in [2.05, 4.69) is 5.32 Å². The second-order valence-corrected chi connectivity index (χ2v) is 8.82. The van der Waals surface area contributed by atoms with Crippen molar-refractivity contribution in [3.8, 4) is 0 Å². The predicted molar refractivity (Wildman–Crippen MR) is 93.2 cm³/mol. The Morgan fingerprint density at radius 2 is 2.00 bits per heavy atom. The number of hydrogen-bond donors (Lipinski definition) is 2. The number of rotatable bonds is 4. The van der Waals surface area contributed by atoms with Gasteiger partial charge in [0.25, 0.3) is 0 Å². The third-order valence-electron chi connectivity index (χ3n) is 3.66. The van der Waals surface area contributed by atoms with Crippen molar-refractivity contribution in [2.75, 3.05) is 11.9 Å². The maximum atomic E-state index is 12.1. The molecule has 1 aromatic rings. The predicted octanol–water partition coefficient (Wildman–Crippen LogP) is 1.42. The van der Waals surface area contributed by atoms with Gasteiger partial charge in [-0.15, -0.1) is 0 Å². The van der Waals surface area contributed by atoms with E-state index in [0.717, 1.165) is 0 Å². The van der Waals surface area contributed by atoms with E-state index in [-0.39, 0.29) is 25.4 Å². The molecule has 1 atom stereocenters. The maximum Gasteiger partial charge on any atom is 0.412 e. The Hall–Kier alpha value is -2.13. The molecule has 0 bridgehead atoms. The van der Waals surface area contributed by atoms with Crippen LogP contribution in [0.25, 0.3) is 0 Å². The van der Waals surface area contributed by atoms with Crippen molar-refractivity contribution in [3.05, 3.63) is 29.8 Å². The molecule has 0 radical (unpaired) electrons. The molecule has 0 aromatic heterocycles. The number of carbonyl (C=O) groups excluding carboxylic acids is 2. The van der Waals surface area contributed by atoms with Gasteiger partial charge in [0.05, 0.1) is 0 Å². The Balaban J connectivity index is 2.11. The second-order valence-electron chi connectivity index (χ2n) is 6.97. The summed E-state index contributed by atoms with van der Waals surface area (Å²) in [6.45, 7) is 5.49. The van der Waals surface area contributed by atoms with E-state index in [0.29, 0.717) is 11.3 Å². The van der Waals surface area contributed by atoms with Crippen molar-refractivity contribution in [1.82, 2.24) is 4.90 Å². The number of para-hydroxylation sites is 1. The zero-order valence-electron chi connectivity index (χ0n) is 14.5. The normalized spacial score (nSPS) is 18.3. The number of carbonyl (C=O) groups is 2. The number of primary sulfonamides is 1. The van der Waals surface area contributed by atoms with E-state index in [1.54, 1.807) is 45.0 Å². The molecule has 2 amide bonds. The van der Waals surface area contributed by atoms with Gasteiger partial charge < -0.3 is 9.64 Å². The molecule has 8 nitrogen and oxygen atoms in total. The molecular formula is C16H23N3O5S. The van der Waals surface area contributed by atoms with Crippen LogP contribution in [0.5, 0.6) is 0 Å². The lowest BCUT2D eigenvalue weighted by atomic mass is 10.1. The summed E-state index contributed by atoms with van der Waals surface area (Å²) >= 11 is 0. The summed E-state index contributed by atoms with van der Waals surface area (Å²) in [5, 5.41) is 6.89. The Bertz CT molecular complexity index is 770. The molecule has 25 heavy (non-hydrogen) atoms. The standard InChI is InChI=1S/C16H23N3O5S/c1-16(2,3)24-15(21)18-13-7-5-4-6-11(13)9-19-10-12(8-14(19)20)25(17,22)23/h4-7,12H,8-10H2,1-3H3,(H,18,21)(H2,17,22,23). The van der Waals surface area contributed by atoms with E-state index in [9.17, 15) is 18.0 Å². The van der Waals surface area contributed by atoms with Crippen LogP contribution in [0.2, 0.25) is 0 Å². The summed E-state index contributed by atoms with van der Waals surface area (Å²) in [5.74, 6) is -0.286. The van der Waals surface area contributed by atoms with Crippen molar-refractivity contribution in [3.63, 3.8) is 0 Å². The molecule has 1 unspecified atom stereocenters. The van der Waals surface area contributed by atoms with Crippen LogP contribution in [-0.2, 0) is 26.1 Å². The quantitative estimate of drug-likeness (QED) is 0.832. The van der Waals surface area contributed by atoms with Gasteiger partial charge in [-0.3, -0.25) is 10.1 Å². The van der Waals surface area contributed by atoms with Gasteiger partial charge in [0, 0.05) is 25.2 Å². The molecule has 138 valence electrons. The molecule has 1 fully saturated rings. The monoisotopic (exact) mass is 369 g/mol. The lowest BCUT2D eigenvalue weighted by Crippen LogP contribution is -2.32. The van der Waals surface area contributed by atoms with Crippen molar-refractivity contribution < 1.29 is 22.7 Å². The fourth-order valence-corrected chi connectivity index (χ4v) is 3.27. The number of nitrogens with one attached hydrogen (secondary N) is 1. The Morgan fingerprint density at radius 3 is 2.56 bits per heavy atom. The molecule has 1 saturated heterocycles. The lowest BCUT2D eigenvalue weighted by molar-refractivity contribution is -0.128. The number of ether oxygens (including phenoxy) is 1. The number of nitrogens with zero attached hydrogens (tertiary/aromatic N) is 1. The first kappa shape index (κ1) is 19.2. The number of hydrogen-bond acceptors (Lipinski definition) is 5. The minimum absolute atomic E-state index is 0.0401. The first-order valence-electron chi connectivity index (χ1n) is 7.83. The van der Waals surface area contributed by atoms with Crippen LogP contribution in [0.4, 0.5) is 10.5 Å². The van der Waals surface area contributed by atoms with E-state index in [1.165, 1.54) is 4.90 Å². The van der Waals surface area contributed by atoms with E-state index in [4.69, 9.17) is 9.88 Å². The maximum absolute atomic E-state index is 12.1. The van der Waals surface area contributed by atoms with Crippen LogP contribution in [0.15, 0.2) is 24.3 Å². The smallest absolute Gasteiger partial charge is 0.412 e. The minimum atomic E-state index is -3.76. The van der Waals surface area contributed by atoms with Crippen LogP contribution in [0, 0.1) is 0 Å². The van der Waals surface area contributed by atoms with Crippen molar-refractivity contribution >= 4 is 27.7 Å². The lowest BCUT2D eigenvalue weighted by Gasteiger charge is -2.22. The van der Waals surface area contributed by atoms with Crippen molar-refractivity contribution in [2.45, 2.75) is 44.6 Å². The van der Waals surface area contributed by atoms with Gasteiger partial charge in [-0.2, -0.15) is 0 Å². The van der Waals surface area contributed by atoms with E-state index < -0.39 is 27.0 Å². The van der Waals surface area contributed by atoms with Crippen LogP contribution >= 0.6 is 0 Å². The average molecular weight is 369 g/mol. The van der Waals surface area contributed by atoms with Gasteiger partial charge in [-0.25, -0.2) is 18.4 Å². The molecular weight excluding hydrogens is 346 g/mol. The zero-order chi connectivity index (χ0) is 18.8. The fourth-order valence-electron chi connectivity index (χ4n) is 2.51. The summed E-state index contributed by atoms with van der Waals surface area (Å²) in [5.41, 5.74) is 0.549. The number of sulfonamides is 1. The Morgan fingerprint density at radius 1 is 1.36 bits per heavy atom. The largest absolute Gasteiger partial charge is 0.444 e. The molecule has 1 heterocycles. The number of amides is 2. The highest BCUT2D eigenvalue weighted by molar-refractivity contribution is 7.89. The van der Waals surface area contributed by atoms with Gasteiger partial charge in [0.2, 0.25) is 15.9 Å². The topological polar surface area (TPSA) is 119 Å². The minimum Gasteiger partial charge on any atom is -0.444 e. The van der Waals surface area contributed by atoms with E-state index in [1.807, 2.05) is 0 Å². The summed E-state index contributed by atoms with van der Waals surface area (Å²) in [4.78, 5) is 25.4. The second kappa shape index (κ2) is 7.01. The number of nitrogens with two attached hydrogens (primary N) is 1. The van der Waals surface area contributed by atoms with Gasteiger partial charge in [0.1, 0.15) is 10.9 Å². The molecule has 1 aliphatic rings. The summed E-state index contributed by atoms with van der Waals surface area (Å²) in [7, 11) is -3.76. The van der Waals surface area contributed by atoms with Gasteiger partial charge in [-0.05, 0) is 32.4 Å². The van der Waals surface area contributed by atoms with E-state index >= 15 is 0 Å². The molecule has 1 aliphatic heterocycles. The van der Waals surface area contributed by atoms with Crippen LogP contribution in [0.1, 0.15) is 32.8 Å². The van der Waals surface area contributed by atoms with Crippen LogP contribution < -0.4 is 10.5 Å². The third kappa shape index (κ3) is 5.43. The highest BCUT2D eigenvalue weighted by Gasteiger charge is 2.36. The van der Waals surface area contributed by atoms with Crippen molar-refractivity contribution in [2.24, 2.45) is 5.14 Å². The molecule has 9 heteroatoms. The van der Waals surface area contributed by atoms with Gasteiger partial charge in [0.15, 0.2) is 0 Å². The third-order valence-corrected chi connectivity index (χ3v) is 4.90. The molecule has 2 rings (SSSR count). The van der Waals surface area contributed by atoms with Gasteiger partial charge in [-0.1, -0.05) is 18.2 Å². The summed E-state index contributed by atoms with van der Waals surface area (Å²) in [6.07, 6.45) is -0.726.